The lowest BCUT2D eigenvalue weighted by Crippen LogP contribution is -2.19. The van der Waals surface area contributed by atoms with Gasteiger partial charge in [0, 0.05) is 12.0 Å². The van der Waals surface area contributed by atoms with E-state index >= 15 is 0 Å². The second-order valence-electron chi connectivity index (χ2n) is 4.64. The smallest absolute Gasteiger partial charge is 0.127 e. The third-order valence-electron chi connectivity index (χ3n) is 3.28. The average molecular weight is 260 g/mol. The lowest BCUT2D eigenvalue weighted by molar-refractivity contribution is 0.0652. The van der Waals surface area contributed by atoms with Crippen LogP contribution in [0.15, 0.2) is 42.5 Å². The van der Waals surface area contributed by atoms with Crippen LogP contribution in [0.4, 0.5) is 4.39 Å². The zero-order valence-corrected chi connectivity index (χ0v) is 10.1. The molecule has 2 aromatic rings. The molecule has 2 unspecified atom stereocenters. The fourth-order valence-electron chi connectivity index (χ4n) is 2.35. The molecular weight excluding hydrogens is 247 g/mol. The number of fused-ring (bicyclic) bond motifs is 1. The van der Waals surface area contributed by atoms with Crippen molar-refractivity contribution in [3.05, 3.63) is 59.4 Å². The Morgan fingerprint density at radius 3 is 2.79 bits per heavy atom. The Morgan fingerprint density at radius 1 is 1.16 bits per heavy atom. The molecule has 98 valence electrons. The summed E-state index contributed by atoms with van der Waals surface area (Å²) >= 11 is 0. The van der Waals surface area contributed by atoms with Crippen LogP contribution in [0, 0.1) is 5.82 Å². The number of hydrogen-bond acceptors (Lipinski definition) is 3. The maximum atomic E-state index is 13.1. The molecule has 1 aliphatic heterocycles. The topological polar surface area (TPSA) is 49.7 Å². The van der Waals surface area contributed by atoms with Crippen molar-refractivity contribution in [1.29, 1.82) is 0 Å². The quantitative estimate of drug-likeness (QED) is 0.828. The van der Waals surface area contributed by atoms with Gasteiger partial charge in [-0.25, -0.2) is 4.39 Å². The molecule has 4 heteroatoms. The molecule has 2 aromatic carbocycles. The summed E-state index contributed by atoms with van der Waals surface area (Å²) in [5.41, 5.74) is 1.26. The Hall–Kier alpha value is -2.07. The first-order chi connectivity index (χ1) is 9.13. The predicted octanol–water partition coefficient (Wildman–Crippen LogP) is 3.09. The molecule has 19 heavy (non-hydrogen) atoms. The van der Waals surface area contributed by atoms with Crippen molar-refractivity contribution in [2.75, 3.05) is 0 Å². The Balaban J connectivity index is 1.95. The van der Waals surface area contributed by atoms with E-state index in [0.717, 1.165) is 5.56 Å². The Bertz CT molecular complexity index is 612. The second kappa shape index (κ2) is 4.55. The van der Waals surface area contributed by atoms with Gasteiger partial charge in [-0.15, -0.1) is 0 Å². The molecule has 0 saturated heterocycles. The number of aliphatic hydroxyl groups excluding tert-OH is 1. The lowest BCUT2D eigenvalue weighted by atomic mass is 9.95. The minimum Gasteiger partial charge on any atom is -0.508 e. The molecule has 0 amide bonds. The van der Waals surface area contributed by atoms with Gasteiger partial charge in [-0.05, 0) is 35.9 Å². The van der Waals surface area contributed by atoms with Crippen LogP contribution in [-0.2, 0) is 0 Å². The van der Waals surface area contributed by atoms with Gasteiger partial charge in [-0.3, -0.25) is 0 Å². The molecule has 3 nitrogen and oxygen atoms in total. The van der Waals surface area contributed by atoms with E-state index in [1.54, 1.807) is 18.2 Å². The van der Waals surface area contributed by atoms with Gasteiger partial charge >= 0.3 is 0 Å². The van der Waals surface area contributed by atoms with E-state index < -0.39 is 11.9 Å². The van der Waals surface area contributed by atoms with Crippen molar-refractivity contribution < 1.29 is 19.3 Å². The highest BCUT2D eigenvalue weighted by molar-refractivity contribution is 5.39. The van der Waals surface area contributed by atoms with Crippen LogP contribution in [0.25, 0.3) is 0 Å². The third kappa shape index (κ3) is 2.27. The lowest BCUT2D eigenvalue weighted by Gasteiger charge is -2.30. The van der Waals surface area contributed by atoms with Crippen molar-refractivity contribution in [3.63, 3.8) is 0 Å². The minimum absolute atomic E-state index is 0.153. The highest BCUT2D eigenvalue weighted by atomic mass is 19.1. The number of phenolic OH excluding ortho intramolecular Hbond substituents is 1. The van der Waals surface area contributed by atoms with Crippen molar-refractivity contribution in [3.8, 4) is 11.5 Å². The molecule has 1 heterocycles. The first-order valence-electron chi connectivity index (χ1n) is 6.06. The summed E-state index contributed by atoms with van der Waals surface area (Å²) in [5.74, 6) is 0.242. The summed E-state index contributed by atoms with van der Waals surface area (Å²) in [7, 11) is 0. The molecule has 0 aromatic heterocycles. The molecule has 0 bridgehead atoms. The molecule has 2 N–H and O–H groups in total. The first-order valence-corrected chi connectivity index (χ1v) is 6.06. The molecule has 3 rings (SSSR count). The zero-order chi connectivity index (χ0) is 13.4. The van der Waals surface area contributed by atoms with Crippen LogP contribution in [0.2, 0.25) is 0 Å². The van der Waals surface area contributed by atoms with E-state index in [1.807, 2.05) is 6.07 Å². The van der Waals surface area contributed by atoms with Crippen LogP contribution in [0.1, 0.15) is 29.8 Å². The van der Waals surface area contributed by atoms with Crippen molar-refractivity contribution in [2.24, 2.45) is 0 Å². The molecule has 1 aliphatic rings. The van der Waals surface area contributed by atoms with Crippen LogP contribution < -0.4 is 4.74 Å². The van der Waals surface area contributed by atoms with E-state index in [4.69, 9.17) is 4.74 Å². The summed E-state index contributed by atoms with van der Waals surface area (Å²) < 4.78 is 18.9. The molecule has 2 atom stereocenters. The largest absolute Gasteiger partial charge is 0.508 e. The van der Waals surface area contributed by atoms with Gasteiger partial charge in [0.2, 0.25) is 0 Å². The zero-order valence-electron chi connectivity index (χ0n) is 10.1. The van der Waals surface area contributed by atoms with E-state index in [-0.39, 0.29) is 11.9 Å². The van der Waals surface area contributed by atoms with Gasteiger partial charge in [0.05, 0.1) is 6.10 Å². The van der Waals surface area contributed by atoms with Crippen LogP contribution in [-0.4, -0.2) is 10.2 Å². The van der Waals surface area contributed by atoms with Gasteiger partial charge in [0.1, 0.15) is 23.4 Å². The Labute approximate surface area is 109 Å². The number of phenols is 1. The predicted molar refractivity (Wildman–Crippen MR) is 67.5 cm³/mol. The minimum atomic E-state index is -0.771. The normalized spacial score (nSPS) is 21.6. The van der Waals surface area contributed by atoms with Gasteiger partial charge < -0.3 is 14.9 Å². The fraction of sp³-hybridized carbons (Fsp3) is 0.200. The van der Waals surface area contributed by atoms with E-state index in [9.17, 15) is 14.6 Å². The van der Waals surface area contributed by atoms with Crippen molar-refractivity contribution >= 4 is 0 Å². The van der Waals surface area contributed by atoms with Gasteiger partial charge in [-0.2, -0.15) is 0 Å². The Morgan fingerprint density at radius 2 is 2.00 bits per heavy atom. The summed E-state index contributed by atoms with van der Waals surface area (Å²) in [6.45, 7) is 0. The number of rotatable bonds is 1. The van der Waals surface area contributed by atoms with Crippen LogP contribution >= 0.6 is 0 Å². The maximum Gasteiger partial charge on any atom is 0.127 e. The van der Waals surface area contributed by atoms with E-state index in [1.165, 1.54) is 18.2 Å². The monoisotopic (exact) mass is 260 g/mol. The van der Waals surface area contributed by atoms with E-state index in [0.29, 0.717) is 17.7 Å². The molecule has 0 aliphatic carbocycles. The number of halogens is 1. The average Bonchev–Trinajstić information content (AvgIpc) is 2.39. The fourth-order valence-corrected chi connectivity index (χ4v) is 2.35. The maximum absolute atomic E-state index is 13.1. The summed E-state index contributed by atoms with van der Waals surface area (Å²) in [5, 5.41) is 19.6. The Kier molecular flexibility index (Phi) is 2.87. The molecule has 0 saturated carbocycles. The van der Waals surface area contributed by atoms with Crippen LogP contribution in [0.3, 0.4) is 0 Å². The van der Waals surface area contributed by atoms with Gasteiger partial charge in [0.25, 0.3) is 0 Å². The van der Waals surface area contributed by atoms with Crippen molar-refractivity contribution in [1.82, 2.24) is 0 Å². The number of benzene rings is 2. The standard InChI is InChI=1S/C15H13FO3/c16-10-4-5-14-12(7-10)13(18)8-15(19-14)9-2-1-3-11(17)6-9/h1-7,13,15,17-18H,8H2. The number of aliphatic hydroxyl groups is 1. The number of ether oxygens (including phenoxy) is 1. The summed E-state index contributed by atoms with van der Waals surface area (Å²) in [6.07, 6.45) is -0.785. The van der Waals surface area contributed by atoms with E-state index in [2.05, 4.69) is 0 Å². The molecule has 0 fully saturated rings. The van der Waals surface area contributed by atoms with Gasteiger partial charge in [-0.1, -0.05) is 12.1 Å². The summed E-state index contributed by atoms with van der Waals surface area (Å²) in [6, 6.07) is 10.8. The number of aromatic hydroxyl groups is 1. The van der Waals surface area contributed by atoms with Gasteiger partial charge in [0.15, 0.2) is 0 Å². The highest BCUT2D eigenvalue weighted by Gasteiger charge is 2.28. The third-order valence-corrected chi connectivity index (χ3v) is 3.28. The first kappa shape index (κ1) is 12.0. The number of hydrogen-bond donors (Lipinski definition) is 2. The SMILES string of the molecule is Oc1cccc(C2CC(O)c3cc(F)ccc3O2)c1. The molecule has 0 radical (unpaired) electrons. The summed E-state index contributed by atoms with van der Waals surface area (Å²) in [4.78, 5) is 0. The molecule has 0 spiro atoms. The molecular formula is C15H13FO3. The van der Waals surface area contributed by atoms with Crippen molar-refractivity contribution in [2.45, 2.75) is 18.6 Å². The highest BCUT2D eigenvalue weighted by Crippen LogP contribution is 2.41. The van der Waals surface area contributed by atoms with Crippen LogP contribution in [0.5, 0.6) is 11.5 Å². The second-order valence-corrected chi connectivity index (χ2v) is 4.64.